The number of benzene rings is 2. The Labute approximate surface area is 219 Å². The van der Waals surface area contributed by atoms with Gasteiger partial charge in [0, 0.05) is 18.8 Å². The minimum Gasteiger partial charge on any atom is -0.497 e. The minimum absolute atomic E-state index is 0.104. The van der Waals surface area contributed by atoms with E-state index in [-0.39, 0.29) is 28.6 Å². The third-order valence-electron chi connectivity index (χ3n) is 5.35. The molecular weight excluding hydrogens is 513 g/mol. The van der Waals surface area contributed by atoms with Gasteiger partial charge in [0.1, 0.15) is 11.6 Å². The first-order valence-electron chi connectivity index (χ1n) is 10.7. The van der Waals surface area contributed by atoms with Gasteiger partial charge in [-0.2, -0.15) is 4.98 Å². The van der Waals surface area contributed by atoms with E-state index >= 15 is 0 Å². The summed E-state index contributed by atoms with van der Waals surface area (Å²) in [5.41, 5.74) is 0.141. The van der Waals surface area contributed by atoms with Gasteiger partial charge in [0.05, 0.1) is 39.5 Å². The molecule has 3 rings (SSSR count). The number of rotatable bonds is 8. The zero-order valence-corrected chi connectivity index (χ0v) is 21.9. The van der Waals surface area contributed by atoms with E-state index < -0.39 is 11.6 Å². The van der Waals surface area contributed by atoms with Gasteiger partial charge in [0.25, 0.3) is 0 Å². The number of nitrogens with zero attached hydrogens (tertiary/aromatic N) is 3. The lowest BCUT2D eigenvalue weighted by Gasteiger charge is -2.27. The number of hydrogen-bond donors (Lipinski definition) is 3. The summed E-state index contributed by atoms with van der Waals surface area (Å²) < 4.78 is 5.23. The molecule has 0 bridgehead atoms. The average Bonchev–Trinajstić information content (AvgIpc) is 2.82. The molecule has 2 amide bonds. The molecule has 3 N–H and O–H groups in total. The number of amides is 2. The van der Waals surface area contributed by atoms with Crippen LogP contribution in [0.3, 0.4) is 0 Å². The van der Waals surface area contributed by atoms with Gasteiger partial charge in [-0.05, 0) is 56.7 Å². The lowest BCUT2D eigenvalue weighted by atomic mass is 10.0. The molecule has 0 aliphatic heterocycles. The van der Waals surface area contributed by atoms with Crippen molar-refractivity contribution in [2.24, 2.45) is 0 Å². The van der Waals surface area contributed by atoms with Crippen LogP contribution in [0.25, 0.3) is 0 Å². The van der Waals surface area contributed by atoms with Gasteiger partial charge in [0.2, 0.25) is 5.95 Å². The van der Waals surface area contributed by atoms with E-state index in [1.807, 2.05) is 6.92 Å². The van der Waals surface area contributed by atoms with Gasteiger partial charge in [0.15, 0.2) is 0 Å². The van der Waals surface area contributed by atoms with Crippen LogP contribution >= 0.6 is 34.8 Å². The first kappa shape index (κ1) is 26.8. The summed E-state index contributed by atoms with van der Waals surface area (Å²) in [6, 6.07) is 11.1. The molecule has 1 aromatic heterocycles. The molecule has 1 heterocycles. The van der Waals surface area contributed by atoms with Gasteiger partial charge in [-0.25, -0.2) is 14.7 Å². The molecule has 0 unspecified atom stereocenters. The normalized spacial score (nSPS) is 12.1. The molecule has 0 spiro atoms. The Morgan fingerprint density at radius 3 is 2.43 bits per heavy atom. The van der Waals surface area contributed by atoms with Crippen LogP contribution < -0.4 is 20.3 Å². The van der Waals surface area contributed by atoms with E-state index in [2.05, 4.69) is 20.6 Å². The summed E-state index contributed by atoms with van der Waals surface area (Å²) in [5, 5.41) is 17.0. The molecule has 0 saturated heterocycles. The van der Waals surface area contributed by atoms with E-state index in [1.54, 1.807) is 63.4 Å². The Balaban J connectivity index is 1.92. The second kappa shape index (κ2) is 11.3. The molecule has 0 fully saturated rings. The highest BCUT2D eigenvalue weighted by molar-refractivity contribution is 6.48. The van der Waals surface area contributed by atoms with E-state index in [0.717, 1.165) is 0 Å². The molecule has 0 aliphatic carbocycles. The number of halogens is 3. The van der Waals surface area contributed by atoms with Crippen molar-refractivity contribution in [3.05, 3.63) is 69.3 Å². The Kier molecular flexibility index (Phi) is 8.66. The van der Waals surface area contributed by atoms with Crippen molar-refractivity contribution in [2.45, 2.75) is 39.0 Å². The smallest absolute Gasteiger partial charge is 0.327 e. The highest BCUT2D eigenvalue weighted by atomic mass is 35.5. The first-order valence-corrected chi connectivity index (χ1v) is 11.8. The molecular formula is C24H26Cl3N5O3. The Morgan fingerprint density at radius 2 is 1.80 bits per heavy atom. The lowest BCUT2D eigenvalue weighted by molar-refractivity contribution is 0.0646. The summed E-state index contributed by atoms with van der Waals surface area (Å²) in [7, 11) is 1.56. The van der Waals surface area contributed by atoms with Crippen molar-refractivity contribution in [2.75, 3.05) is 17.3 Å². The maximum Gasteiger partial charge on any atom is 0.327 e. The molecule has 0 aliphatic rings. The van der Waals surface area contributed by atoms with Gasteiger partial charge in [-0.3, -0.25) is 0 Å². The summed E-state index contributed by atoms with van der Waals surface area (Å²) >= 11 is 18.4. The zero-order chi connectivity index (χ0) is 25.8. The topological polar surface area (TPSA) is 99.6 Å². The van der Waals surface area contributed by atoms with E-state index in [4.69, 9.17) is 39.5 Å². The Hall–Kier alpha value is -2.78. The molecule has 8 nitrogen and oxygen atoms in total. The predicted octanol–water partition coefficient (Wildman–Crippen LogP) is 6.06. The van der Waals surface area contributed by atoms with Crippen molar-refractivity contribution in [1.29, 1.82) is 0 Å². The van der Waals surface area contributed by atoms with E-state index in [9.17, 15) is 9.90 Å². The standard InChI is InChI=1S/C24H26Cl3N5O3/c1-14(24(2,3)34)30-22-28-12-11-19(31-22)32(16-6-8-17(35-4)9-7-16)23(33)29-13-15-5-10-18(25)21(27)20(15)26/h5-12,14,34H,13H2,1-4H3,(H,29,33)(H,28,30,31)/t14-/m0/s1. The number of nitrogens with one attached hydrogen (secondary N) is 2. The number of hydrogen-bond acceptors (Lipinski definition) is 6. The van der Waals surface area contributed by atoms with Crippen LogP contribution in [0.4, 0.5) is 22.2 Å². The van der Waals surface area contributed by atoms with Crippen LogP contribution in [0.15, 0.2) is 48.7 Å². The SMILES string of the molecule is COc1ccc(N(C(=O)NCc2ccc(Cl)c(Cl)c2Cl)c2ccnc(N[C@@H](C)C(C)(C)O)n2)cc1. The number of carbonyl (C=O) groups excluding carboxylic acids is 1. The number of methoxy groups -OCH3 is 1. The first-order chi connectivity index (χ1) is 16.5. The van der Waals surface area contributed by atoms with Crippen LogP contribution in [-0.2, 0) is 6.54 Å². The molecule has 1 atom stereocenters. The largest absolute Gasteiger partial charge is 0.497 e. The van der Waals surface area contributed by atoms with Gasteiger partial charge < -0.3 is 20.5 Å². The number of ether oxygens (including phenoxy) is 1. The zero-order valence-electron chi connectivity index (χ0n) is 19.6. The summed E-state index contributed by atoms with van der Waals surface area (Å²) in [4.78, 5) is 23.5. The maximum absolute atomic E-state index is 13.4. The molecule has 0 saturated carbocycles. The van der Waals surface area contributed by atoms with Gasteiger partial charge in [-0.1, -0.05) is 40.9 Å². The highest BCUT2D eigenvalue weighted by Gasteiger charge is 2.24. The number of urea groups is 1. The van der Waals surface area contributed by atoms with Gasteiger partial charge >= 0.3 is 6.03 Å². The highest BCUT2D eigenvalue weighted by Crippen LogP contribution is 2.33. The third kappa shape index (κ3) is 6.67. The fraction of sp³-hybridized carbons (Fsp3) is 0.292. The number of aromatic nitrogens is 2. The number of aliphatic hydroxyl groups is 1. The second-order valence-electron chi connectivity index (χ2n) is 8.28. The van der Waals surface area contributed by atoms with Crippen LogP contribution in [0, 0.1) is 0 Å². The summed E-state index contributed by atoms with van der Waals surface area (Å²) in [6.45, 7) is 5.28. The van der Waals surface area contributed by atoms with Crippen molar-refractivity contribution in [1.82, 2.24) is 15.3 Å². The fourth-order valence-electron chi connectivity index (χ4n) is 2.95. The quantitative estimate of drug-likeness (QED) is 0.301. The molecule has 35 heavy (non-hydrogen) atoms. The van der Waals surface area contributed by atoms with Crippen LogP contribution in [0.5, 0.6) is 5.75 Å². The fourth-order valence-corrected chi connectivity index (χ4v) is 3.57. The van der Waals surface area contributed by atoms with Crippen LogP contribution in [0.2, 0.25) is 15.1 Å². The molecule has 2 aromatic carbocycles. The summed E-state index contributed by atoms with van der Waals surface area (Å²) in [6.07, 6.45) is 1.53. The van der Waals surface area contributed by atoms with Crippen molar-refractivity contribution >= 4 is 58.3 Å². The third-order valence-corrected chi connectivity index (χ3v) is 6.69. The van der Waals surface area contributed by atoms with Crippen molar-refractivity contribution < 1.29 is 14.6 Å². The van der Waals surface area contributed by atoms with Gasteiger partial charge in [-0.15, -0.1) is 0 Å². The van der Waals surface area contributed by atoms with Crippen molar-refractivity contribution in [3.8, 4) is 5.75 Å². The maximum atomic E-state index is 13.4. The van der Waals surface area contributed by atoms with Crippen LogP contribution in [-0.4, -0.2) is 39.9 Å². The predicted molar refractivity (Wildman–Crippen MR) is 140 cm³/mol. The number of carbonyl (C=O) groups is 1. The van der Waals surface area contributed by atoms with E-state index in [1.165, 1.54) is 11.1 Å². The minimum atomic E-state index is -1.01. The van der Waals surface area contributed by atoms with Crippen molar-refractivity contribution in [3.63, 3.8) is 0 Å². The number of anilines is 3. The average molecular weight is 539 g/mol. The lowest BCUT2D eigenvalue weighted by Crippen LogP contribution is -2.40. The Bertz CT molecular complexity index is 1190. The molecule has 11 heteroatoms. The second-order valence-corrected chi connectivity index (χ2v) is 9.45. The van der Waals surface area contributed by atoms with Crippen LogP contribution in [0.1, 0.15) is 26.3 Å². The monoisotopic (exact) mass is 537 g/mol. The molecule has 3 aromatic rings. The Morgan fingerprint density at radius 1 is 1.11 bits per heavy atom. The summed E-state index contributed by atoms with van der Waals surface area (Å²) in [5.74, 6) is 1.21. The molecule has 0 radical (unpaired) electrons. The van der Waals surface area contributed by atoms with E-state index in [0.29, 0.717) is 27.8 Å². The molecule has 186 valence electrons.